The Morgan fingerprint density at radius 2 is 1.76 bits per heavy atom. The van der Waals surface area contributed by atoms with Crippen molar-refractivity contribution in [2.24, 2.45) is 0 Å². The first-order chi connectivity index (χ1) is 10.1. The number of pyridine rings is 1. The molecule has 0 aliphatic heterocycles. The lowest BCUT2D eigenvalue weighted by molar-refractivity contribution is 0.434. The Labute approximate surface area is 117 Å². The van der Waals surface area contributed by atoms with E-state index in [9.17, 15) is 13.2 Å². The van der Waals surface area contributed by atoms with Gasteiger partial charge in [-0.15, -0.1) is 0 Å². The summed E-state index contributed by atoms with van der Waals surface area (Å²) in [6, 6.07) is 5.56. The van der Waals surface area contributed by atoms with E-state index in [1.165, 1.54) is 18.2 Å². The van der Waals surface area contributed by atoms with Gasteiger partial charge in [-0.1, -0.05) is 5.16 Å². The van der Waals surface area contributed by atoms with E-state index >= 15 is 0 Å². The first kappa shape index (κ1) is 13.2. The number of hydrogen-bond acceptors (Lipinski definition) is 4. The van der Waals surface area contributed by atoms with Crippen LogP contribution in [-0.2, 0) is 0 Å². The molecule has 0 aliphatic carbocycles. The lowest BCUT2D eigenvalue weighted by atomic mass is 10.0. The molecule has 0 unspecified atom stereocenters. The number of anilines is 1. The third-order valence-electron chi connectivity index (χ3n) is 2.88. The fraction of sp³-hybridized carbons (Fsp3) is 0. The molecule has 7 heteroatoms. The molecule has 2 heterocycles. The number of nitrogens with zero attached hydrogens (tertiary/aromatic N) is 2. The van der Waals surface area contributed by atoms with Gasteiger partial charge in [-0.05, 0) is 24.3 Å². The summed E-state index contributed by atoms with van der Waals surface area (Å²) in [5.41, 5.74) is 6.09. The normalized spacial score (nSPS) is 10.8. The molecule has 3 aromatic rings. The minimum atomic E-state index is -0.812. The van der Waals surface area contributed by atoms with Gasteiger partial charge in [0.25, 0.3) is 0 Å². The van der Waals surface area contributed by atoms with Gasteiger partial charge < -0.3 is 10.3 Å². The van der Waals surface area contributed by atoms with Gasteiger partial charge in [0.1, 0.15) is 23.1 Å². The van der Waals surface area contributed by atoms with Gasteiger partial charge in [-0.2, -0.15) is 0 Å². The molecule has 1 aromatic carbocycles. The monoisotopic (exact) mass is 291 g/mol. The average molecular weight is 291 g/mol. The fourth-order valence-electron chi connectivity index (χ4n) is 1.94. The van der Waals surface area contributed by atoms with E-state index in [0.717, 1.165) is 18.3 Å². The smallest absolute Gasteiger partial charge is 0.195 e. The maximum Gasteiger partial charge on any atom is 0.195 e. The number of rotatable bonds is 2. The predicted octanol–water partition coefficient (Wildman–Crippen LogP) is 3.40. The second kappa shape index (κ2) is 4.93. The highest BCUT2D eigenvalue weighted by Gasteiger charge is 2.21. The number of benzene rings is 1. The van der Waals surface area contributed by atoms with Gasteiger partial charge in [-0.25, -0.2) is 18.2 Å². The summed E-state index contributed by atoms with van der Waals surface area (Å²) in [7, 11) is 0. The molecule has 2 N–H and O–H groups in total. The minimum absolute atomic E-state index is 0.0243. The number of nitrogens with two attached hydrogens (primary N) is 1. The molecule has 2 aromatic heterocycles. The second-order valence-corrected chi connectivity index (χ2v) is 4.26. The number of nitrogen functional groups attached to an aromatic ring is 1. The number of aromatic nitrogens is 2. The van der Waals surface area contributed by atoms with E-state index in [4.69, 9.17) is 10.3 Å². The van der Waals surface area contributed by atoms with Gasteiger partial charge in [-0.3, -0.25) is 0 Å². The van der Waals surface area contributed by atoms with Crippen LogP contribution >= 0.6 is 0 Å². The van der Waals surface area contributed by atoms with Crippen molar-refractivity contribution in [1.29, 1.82) is 0 Å². The van der Waals surface area contributed by atoms with Crippen molar-refractivity contribution in [1.82, 2.24) is 10.1 Å². The molecular formula is C14H8F3N3O. The fourth-order valence-corrected chi connectivity index (χ4v) is 1.94. The standard InChI is InChI=1S/C14H8F3N3O/c15-7-1-3-9(10(17)5-7)12-13(21-20-14(12)18)11-4-2-8(16)6-19-11/h1-6H,(H2,18,20). The average Bonchev–Trinajstić information content (AvgIpc) is 2.82. The summed E-state index contributed by atoms with van der Waals surface area (Å²) in [6.45, 7) is 0. The summed E-state index contributed by atoms with van der Waals surface area (Å²) >= 11 is 0. The zero-order chi connectivity index (χ0) is 15.0. The Morgan fingerprint density at radius 3 is 2.43 bits per heavy atom. The summed E-state index contributed by atoms with van der Waals surface area (Å²) in [4.78, 5) is 3.83. The van der Waals surface area contributed by atoms with Crippen LogP contribution in [0.25, 0.3) is 22.6 Å². The van der Waals surface area contributed by atoms with Gasteiger partial charge in [0.05, 0.1) is 11.8 Å². The topological polar surface area (TPSA) is 64.9 Å². The number of halogens is 3. The first-order valence-corrected chi connectivity index (χ1v) is 5.89. The van der Waals surface area contributed by atoms with Crippen LogP contribution in [0, 0.1) is 17.5 Å². The minimum Gasteiger partial charge on any atom is -0.380 e. The third-order valence-corrected chi connectivity index (χ3v) is 2.88. The van der Waals surface area contributed by atoms with E-state index in [-0.39, 0.29) is 28.4 Å². The van der Waals surface area contributed by atoms with E-state index in [2.05, 4.69) is 10.1 Å². The summed E-state index contributed by atoms with van der Waals surface area (Å²) in [5, 5.41) is 3.56. The van der Waals surface area contributed by atoms with Crippen molar-refractivity contribution < 1.29 is 17.7 Å². The van der Waals surface area contributed by atoms with Crippen molar-refractivity contribution >= 4 is 5.82 Å². The second-order valence-electron chi connectivity index (χ2n) is 4.26. The Balaban J connectivity index is 2.19. The van der Waals surface area contributed by atoms with E-state index in [1.54, 1.807) is 0 Å². The Morgan fingerprint density at radius 1 is 1.00 bits per heavy atom. The molecule has 0 aliphatic rings. The van der Waals surface area contributed by atoms with Gasteiger partial charge >= 0.3 is 0 Å². The van der Waals surface area contributed by atoms with Gasteiger partial charge in [0, 0.05) is 11.6 Å². The van der Waals surface area contributed by atoms with Crippen LogP contribution < -0.4 is 5.73 Å². The Hall–Kier alpha value is -2.83. The first-order valence-electron chi connectivity index (χ1n) is 5.89. The van der Waals surface area contributed by atoms with Crippen molar-refractivity contribution in [3.63, 3.8) is 0 Å². The van der Waals surface area contributed by atoms with E-state index < -0.39 is 17.5 Å². The maximum atomic E-state index is 13.9. The largest absolute Gasteiger partial charge is 0.380 e. The van der Waals surface area contributed by atoms with Crippen LogP contribution in [0.15, 0.2) is 41.1 Å². The van der Waals surface area contributed by atoms with Crippen LogP contribution in [0.5, 0.6) is 0 Å². The summed E-state index contributed by atoms with van der Waals surface area (Å²) in [6.07, 6.45) is 0.985. The Bertz CT molecular complexity index is 800. The van der Waals surface area contributed by atoms with Crippen molar-refractivity contribution in [2.45, 2.75) is 0 Å². The molecule has 21 heavy (non-hydrogen) atoms. The molecule has 106 valence electrons. The SMILES string of the molecule is Nc1noc(-c2ccc(F)cn2)c1-c1ccc(F)cc1F. The lowest BCUT2D eigenvalue weighted by Crippen LogP contribution is -1.93. The Kier molecular flexibility index (Phi) is 3.09. The van der Waals surface area contributed by atoms with Crippen LogP contribution in [0.3, 0.4) is 0 Å². The maximum absolute atomic E-state index is 13.9. The molecule has 4 nitrogen and oxygen atoms in total. The van der Waals surface area contributed by atoms with E-state index in [1.807, 2.05) is 0 Å². The highest BCUT2D eigenvalue weighted by molar-refractivity contribution is 5.85. The molecular weight excluding hydrogens is 283 g/mol. The summed E-state index contributed by atoms with van der Waals surface area (Å²) < 4.78 is 44.8. The highest BCUT2D eigenvalue weighted by atomic mass is 19.1. The van der Waals surface area contributed by atoms with Crippen molar-refractivity contribution in [2.75, 3.05) is 5.73 Å². The molecule has 3 rings (SSSR count). The number of hydrogen-bond donors (Lipinski definition) is 1. The van der Waals surface area contributed by atoms with Crippen LogP contribution in [0.2, 0.25) is 0 Å². The van der Waals surface area contributed by atoms with Crippen molar-refractivity contribution in [3.05, 3.63) is 54.0 Å². The zero-order valence-electron chi connectivity index (χ0n) is 10.5. The molecule has 0 bridgehead atoms. The van der Waals surface area contributed by atoms with E-state index in [0.29, 0.717) is 0 Å². The molecule has 0 spiro atoms. The van der Waals surface area contributed by atoms with Crippen molar-refractivity contribution in [3.8, 4) is 22.6 Å². The van der Waals surface area contributed by atoms with Crippen LogP contribution in [0.4, 0.5) is 19.0 Å². The predicted molar refractivity (Wildman–Crippen MR) is 69.5 cm³/mol. The van der Waals surface area contributed by atoms with Gasteiger partial charge in [0.15, 0.2) is 11.6 Å². The summed E-state index contributed by atoms with van der Waals surface area (Å²) in [5.74, 6) is -2.04. The van der Waals surface area contributed by atoms with Crippen LogP contribution in [0.1, 0.15) is 0 Å². The molecule has 0 amide bonds. The zero-order valence-corrected chi connectivity index (χ0v) is 10.5. The quantitative estimate of drug-likeness (QED) is 0.786. The lowest BCUT2D eigenvalue weighted by Gasteiger charge is -2.04. The van der Waals surface area contributed by atoms with Crippen LogP contribution in [-0.4, -0.2) is 10.1 Å². The third kappa shape index (κ3) is 2.33. The molecule has 0 fully saturated rings. The molecule has 0 atom stereocenters. The molecule has 0 saturated carbocycles. The molecule has 0 radical (unpaired) electrons. The van der Waals surface area contributed by atoms with Gasteiger partial charge in [0.2, 0.25) is 0 Å². The molecule has 0 saturated heterocycles. The highest BCUT2D eigenvalue weighted by Crippen LogP contribution is 2.37.